The highest BCUT2D eigenvalue weighted by molar-refractivity contribution is 7.85. The van der Waals surface area contributed by atoms with Gasteiger partial charge in [-0.15, -0.1) is 0 Å². The summed E-state index contributed by atoms with van der Waals surface area (Å²) in [5.41, 5.74) is 5.72. The number of hydrogen-bond acceptors (Lipinski definition) is 7. The third-order valence-electron chi connectivity index (χ3n) is 3.18. The van der Waals surface area contributed by atoms with E-state index < -0.39 is 10.1 Å². The number of anilines is 1. The van der Waals surface area contributed by atoms with Crippen LogP contribution >= 0.6 is 0 Å². The Kier molecular flexibility index (Phi) is 8.86. The summed E-state index contributed by atoms with van der Waals surface area (Å²) in [5.74, 6) is 0. The van der Waals surface area contributed by atoms with Gasteiger partial charge in [-0.3, -0.25) is 0 Å². The Morgan fingerprint density at radius 1 is 1.00 bits per heavy atom. The molecule has 0 unspecified atom stereocenters. The molecule has 0 saturated carbocycles. The molecule has 0 aliphatic heterocycles. The molecule has 2 aromatic carbocycles. The van der Waals surface area contributed by atoms with Gasteiger partial charge >= 0.3 is 0 Å². The maximum Gasteiger partial charge on any atom is 0.124 e. The maximum atomic E-state index is 10.8. The Balaban J connectivity index is 0.000000597. The van der Waals surface area contributed by atoms with E-state index in [-0.39, 0.29) is 11.5 Å². The van der Waals surface area contributed by atoms with Gasteiger partial charge in [-0.2, -0.15) is 10.2 Å². The van der Waals surface area contributed by atoms with E-state index in [9.17, 15) is 13.0 Å². The van der Waals surface area contributed by atoms with Gasteiger partial charge in [0.25, 0.3) is 0 Å². The highest BCUT2D eigenvalue weighted by atomic mass is 32.2. The van der Waals surface area contributed by atoms with E-state index in [2.05, 4.69) is 16.0 Å². The standard InChI is InChI=1S/C14H15N3O3S.C3H9NO/c1-17(2)13-7-3-11(4-8-13)15-16-12-5-9-14(10-6-12)21(18,19)20;4-2-1-3-5/h3-10H,1-2H3,(H,18,19,20);5H,1-4H2. The van der Waals surface area contributed by atoms with Crippen LogP contribution in [0.25, 0.3) is 0 Å². The van der Waals surface area contributed by atoms with Gasteiger partial charge in [-0.1, -0.05) is 0 Å². The van der Waals surface area contributed by atoms with Gasteiger partial charge in [0, 0.05) is 32.8 Å². The minimum absolute atomic E-state index is 0.281. The van der Waals surface area contributed by atoms with Crippen molar-refractivity contribution >= 4 is 27.2 Å². The number of quaternary nitrogens is 1. The number of rotatable bonds is 6. The lowest BCUT2D eigenvalue weighted by Crippen LogP contribution is -2.50. The summed E-state index contributed by atoms with van der Waals surface area (Å²) in [6.45, 7) is 1.12. The zero-order valence-electron chi connectivity index (χ0n) is 14.9. The molecule has 0 atom stereocenters. The molecule has 0 fully saturated rings. The van der Waals surface area contributed by atoms with Crippen LogP contribution in [0.15, 0.2) is 63.7 Å². The molecule has 26 heavy (non-hydrogen) atoms. The second-order valence-corrected chi connectivity index (χ2v) is 6.87. The first-order valence-electron chi connectivity index (χ1n) is 7.93. The van der Waals surface area contributed by atoms with E-state index in [1.54, 1.807) is 0 Å². The van der Waals surface area contributed by atoms with E-state index in [4.69, 9.17) is 5.11 Å². The molecule has 9 heteroatoms. The third kappa shape index (κ3) is 7.70. The molecule has 0 spiro atoms. The fourth-order valence-electron chi connectivity index (χ4n) is 1.72. The molecule has 0 amide bonds. The molecule has 2 rings (SSSR count). The summed E-state index contributed by atoms with van der Waals surface area (Å²) in [4.78, 5) is 1.69. The van der Waals surface area contributed by atoms with Gasteiger partial charge in [0.15, 0.2) is 0 Å². The van der Waals surface area contributed by atoms with Crippen LogP contribution in [0, 0.1) is 0 Å². The predicted molar refractivity (Wildman–Crippen MR) is 98.8 cm³/mol. The van der Waals surface area contributed by atoms with Gasteiger partial charge < -0.3 is 20.3 Å². The van der Waals surface area contributed by atoms with Crippen LogP contribution in [0.1, 0.15) is 6.42 Å². The molecule has 0 aromatic heterocycles. The van der Waals surface area contributed by atoms with Crippen molar-refractivity contribution in [2.45, 2.75) is 11.3 Å². The number of hydrogen-bond donors (Lipinski definition) is 2. The molecule has 0 bridgehead atoms. The molecular formula is C17H24N4O4S. The first-order chi connectivity index (χ1) is 12.3. The Labute approximate surface area is 153 Å². The van der Waals surface area contributed by atoms with E-state index in [0.29, 0.717) is 11.4 Å². The molecule has 0 aliphatic rings. The summed E-state index contributed by atoms with van der Waals surface area (Å²) in [7, 11) is -0.533. The second-order valence-electron chi connectivity index (χ2n) is 5.49. The van der Waals surface area contributed by atoms with Crippen molar-refractivity contribution < 1.29 is 23.8 Å². The Morgan fingerprint density at radius 2 is 1.46 bits per heavy atom. The monoisotopic (exact) mass is 380 g/mol. The number of benzene rings is 2. The van der Waals surface area contributed by atoms with E-state index in [1.165, 1.54) is 24.3 Å². The van der Waals surface area contributed by atoms with Crippen molar-refractivity contribution in [1.82, 2.24) is 0 Å². The predicted octanol–water partition coefficient (Wildman–Crippen LogP) is 1.68. The highest BCUT2D eigenvalue weighted by Crippen LogP contribution is 2.22. The topological polar surface area (TPSA) is 133 Å². The highest BCUT2D eigenvalue weighted by Gasteiger charge is 2.00. The zero-order valence-corrected chi connectivity index (χ0v) is 15.7. The van der Waals surface area contributed by atoms with Crippen molar-refractivity contribution in [3.05, 3.63) is 48.5 Å². The normalized spacial score (nSPS) is 11.1. The quantitative estimate of drug-likeness (QED) is 0.581. The van der Waals surface area contributed by atoms with Crippen LogP contribution in [0.3, 0.4) is 0 Å². The molecule has 0 aliphatic carbocycles. The molecule has 142 valence electrons. The van der Waals surface area contributed by atoms with Crippen molar-refractivity contribution in [1.29, 1.82) is 0 Å². The molecule has 4 N–H and O–H groups in total. The van der Waals surface area contributed by atoms with Crippen LogP contribution in [0.2, 0.25) is 0 Å². The summed E-state index contributed by atoms with van der Waals surface area (Å²) in [6, 6.07) is 12.8. The lowest BCUT2D eigenvalue weighted by molar-refractivity contribution is -0.369. The molecule has 0 radical (unpaired) electrons. The smallest absolute Gasteiger partial charge is 0.124 e. The summed E-state index contributed by atoms with van der Waals surface area (Å²) in [5, 5.41) is 16.1. The molecule has 8 nitrogen and oxygen atoms in total. The maximum absolute atomic E-state index is 10.8. The molecule has 0 saturated heterocycles. The number of aliphatic hydroxyl groups is 1. The second kappa shape index (κ2) is 10.6. The molecular weight excluding hydrogens is 356 g/mol. The summed E-state index contributed by atoms with van der Waals surface area (Å²) in [6.07, 6.45) is 0.833. The summed E-state index contributed by atoms with van der Waals surface area (Å²) < 4.78 is 32.4. The van der Waals surface area contributed by atoms with E-state index in [0.717, 1.165) is 18.7 Å². The van der Waals surface area contributed by atoms with Crippen LogP contribution in [0.5, 0.6) is 0 Å². The zero-order chi connectivity index (χ0) is 19.6. The number of nitrogens with zero attached hydrogens (tertiary/aromatic N) is 3. The Bertz CT molecular complexity index is 787. The Hall–Kier alpha value is -2.33. The van der Waals surface area contributed by atoms with Crippen LogP contribution in [0.4, 0.5) is 17.1 Å². The fourth-order valence-corrected chi connectivity index (χ4v) is 2.19. The van der Waals surface area contributed by atoms with Gasteiger partial charge in [0.1, 0.15) is 10.1 Å². The number of azo groups is 1. The lowest BCUT2D eigenvalue weighted by Gasteiger charge is -2.11. The van der Waals surface area contributed by atoms with Gasteiger partial charge in [-0.25, -0.2) is 8.42 Å². The van der Waals surface area contributed by atoms with Gasteiger partial charge in [0.2, 0.25) is 0 Å². The van der Waals surface area contributed by atoms with Crippen LogP contribution < -0.4 is 10.6 Å². The minimum Gasteiger partial charge on any atom is -0.744 e. The SMILES string of the molecule is CN(C)c1ccc(N=Nc2ccc(S(=O)(=O)[O-])cc2)cc1.[NH3+]CCCO. The first kappa shape index (κ1) is 21.7. The van der Waals surface area contributed by atoms with Crippen molar-refractivity contribution in [2.75, 3.05) is 32.1 Å². The Morgan fingerprint density at radius 3 is 1.77 bits per heavy atom. The molecule has 2 aromatic rings. The lowest BCUT2D eigenvalue weighted by atomic mass is 10.3. The molecule has 0 heterocycles. The average molecular weight is 380 g/mol. The summed E-state index contributed by atoms with van der Waals surface area (Å²) >= 11 is 0. The van der Waals surface area contributed by atoms with Crippen molar-refractivity contribution in [3.8, 4) is 0 Å². The third-order valence-corrected chi connectivity index (χ3v) is 4.03. The fraction of sp³-hybridized carbons (Fsp3) is 0.294. The van der Waals surface area contributed by atoms with Crippen molar-refractivity contribution in [2.24, 2.45) is 10.2 Å². The van der Waals surface area contributed by atoms with Gasteiger partial charge in [0.05, 0.1) is 22.8 Å². The average Bonchev–Trinajstić information content (AvgIpc) is 2.61. The van der Waals surface area contributed by atoms with Crippen LogP contribution in [-0.2, 0) is 10.1 Å². The van der Waals surface area contributed by atoms with E-state index >= 15 is 0 Å². The van der Waals surface area contributed by atoms with Crippen LogP contribution in [-0.4, -0.2) is 45.3 Å². The number of aliphatic hydroxyl groups excluding tert-OH is 1. The van der Waals surface area contributed by atoms with Gasteiger partial charge in [-0.05, 0) is 48.5 Å². The first-order valence-corrected chi connectivity index (χ1v) is 9.34. The van der Waals surface area contributed by atoms with Crippen molar-refractivity contribution in [3.63, 3.8) is 0 Å². The van der Waals surface area contributed by atoms with E-state index in [1.807, 2.05) is 43.3 Å². The minimum atomic E-state index is -4.43. The largest absolute Gasteiger partial charge is 0.744 e.